The van der Waals surface area contributed by atoms with Crippen LogP contribution in [0, 0.1) is 0 Å². The van der Waals surface area contributed by atoms with Gasteiger partial charge in [-0.2, -0.15) is 0 Å². The number of allylic oxidation sites excluding steroid dienone is 3. The number of rotatable bonds is 4. The van der Waals surface area contributed by atoms with Gasteiger partial charge in [-0.15, -0.1) is 0 Å². The van der Waals surface area contributed by atoms with Crippen molar-refractivity contribution >= 4 is 16.7 Å². The van der Waals surface area contributed by atoms with Gasteiger partial charge in [-0.3, -0.25) is 14.2 Å². The van der Waals surface area contributed by atoms with Gasteiger partial charge in [-0.05, 0) is 30.5 Å². The van der Waals surface area contributed by atoms with Crippen LogP contribution in [0.2, 0.25) is 0 Å². The minimum atomic E-state index is -1.52. The van der Waals surface area contributed by atoms with Crippen LogP contribution in [0.15, 0.2) is 59.0 Å². The molecule has 1 amide bonds. The smallest absolute Gasteiger partial charge is 0.263 e. The monoisotopic (exact) mass is 277 g/mol. The Hall–Kier alpha value is -1.72. The first-order valence-electron chi connectivity index (χ1n) is 5.99. The molecule has 0 aromatic heterocycles. The number of hydrogen-bond acceptors (Lipinski definition) is 3. The van der Waals surface area contributed by atoms with E-state index < -0.39 is 22.0 Å². The van der Waals surface area contributed by atoms with Crippen molar-refractivity contribution in [3.05, 3.63) is 54.1 Å². The lowest BCUT2D eigenvalue weighted by atomic mass is 10.0. The Morgan fingerprint density at radius 2 is 2.05 bits per heavy atom. The van der Waals surface area contributed by atoms with E-state index >= 15 is 0 Å². The van der Waals surface area contributed by atoms with Crippen LogP contribution in [0.3, 0.4) is 0 Å². The van der Waals surface area contributed by atoms with E-state index in [1.165, 1.54) is 0 Å². The maximum atomic E-state index is 12.5. The number of amides is 1. The average Bonchev–Trinajstić information content (AvgIpc) is 2.49. The summed E-state index contributed by atoms with van der Waals surface area (Å²) in [5.41, 5.74) is 2.39. The first kappa shape index (κ1) is 13.7. The summed E-state index contributed by atoms with van der Waals surface area (Å²) in [6, 6.07) is 8.80. The molecular formula is C14H15NO3S. The third-order valence-corrected chi connectivity index (χ3v) is 4.60. The molecule has 1 aromatic carbocycles. The Bertz CT molecular complexity index is 537. The van der Waals surface area contributed by atoms with Gasteiger partial charge in [0.25, 0.3) is 5.91 Å². The second-order valence-electron chi connectivity index (χ2n) is 4.17. The minimum Gasteiger partial charge on any atom is -0.289 e. The fourth-order valence-electron chi connectivity index (χ4n) is 1.99. The molecule has 0 saturated carbocycles. The largest absolute Gasteiger partial charge is 0.289 e. The van der Waals surface area contributed by atoms with Gasteiger partial charge < -0.3 is 0 Å². The third-order valence-electron chi connectivity index (χ3n) is 2.92. The highest BCUT2D eigenvalue weighted by molar-refractivity contribution is 7.86. The van der Waals surface area contributed by atoms with Gasteiger partial charge in [-0.25, -0.2) is 5.48 Å². The van der Waals surface area contributed by atoms with Gasteiger partial charge in [0.15, 0.2) is 0 Å². The topological polar surface area (TPSA) is 66.4 Å². The first-order chi connectivity index (χ1) is 9.24. The Balaban J connectivity index is 2.33. The van der Waals surface area contributed by atoms with Crippen LogP contribution in [-0.2, 0) is 15.6 Å². The van der Waals surface area contributed by atoms with E-state index in [-0.39, 0.29) is 0 Å². The summed E-state index contributed by atoms with van der Waals surface area (Å²) in [6.07, 6.45) is 7.12. The highest BCUT2D eigenvalue weighted by Crippen LogP contribution is 2.23. The van der Waals surface area contributed by atoms with Crippen molar-refractivity contribution in [2.75, 3.05) is 0 Å². The first-order valence-corrected chi connectivity index (χ1v) is 7.20. The van der Waals surface area contributed by atoms with Gasteiger partial charge in [0.2, 0.25) is 0 Å². The number of hydrogen-bond donors (Lipinski definition) is 2. The molecular weight excluding hydrogens is 262 g/mol. The van der Waals surface area contributed by atoms with E-state index in [2.05, 4.69) is 0 Å². The summed E-state index contributed by atoms with van der Waals surface area (Å²) in [6.45, 7) is 0. The second-order valence-corrected chi connectivity index (χ2v) is 5.71. The molecule has 2 rings (SSSR count). The molecule has 4 nitrogen and oxygen atoms in total. The lowest BCUT2D eigenvalue weighted by Crippen LogP contribution is -2.37. The molecule has 0 spiro atoms. The molecule has 1 aliphatic rings. The molecule has 2 N–H and O–H groups in total. The summed E-state index contributed by atoms with van der Waals surface area (Å²) in [5, 5.41) is 8.00. The zero-order valence-electron chi connectivity index (χ0n) is 10.3. The van der Waals surface area contributed by atoms with Crippen molar-refractivity contribution < 1.29 is 14.2 Å². The molecule has 0 saturated heterocycles. The SMILES string of the molecule is O=C(NO)C(C1=CC=CCC1)S(=O)c1ccccc1. The maximum absolute atomic E-state index is 12.5. The summed E-state index contributed by atoms with van der Waals surface area (Å²) in [5.74, 6) is -0.635. The highest BCUT2D eigenvalue weighted by atomic mass is 32.2. The van der Waals surface area contributed by atoms with Crippen molar-refractivity contribution in [3.8, 4) is 0 Å². The Morgan fingerprint density at radius 1 is 1.32 bits per heavy atom. The summed E-state index contributed by atoms with van der Waals surface area (Å²) < 4.78 is 12.5. The Kier molecular flexibility index (Phi) is 4.65. The van der Waals surface area contributed by atoms with Crippen molar-refractivity contribution in [2.24, 2.45) is 0 Å². The summed E-state index contributed by atoms with van der Waals surface area (Å²) in [7, 11) is -1.52. The van der Waals surface area contributed by atoms with E-state index in [4.69, 9.17) is 5.21 Å². The molecule has 1 aromatic rings. The number of benzene rings is 1. The zero-order chi connectivity index (χ0) is 13.7. The van der Waals surface area contributed by atoms with Crippen LogP contribution >= 0.6 is 0 Å². The molecule has 1 aliphatic carbocycles. The van der Waals surface area contributed by atoms with Crippen LogP contribution in [0.1, 0.15) is 12.8 Å². The van der Waals surface area contributed by atoms with Gasteiger partial charge in [0, 0.05) is 4.90 Å². The lowest BCUT2D eigenvalue weighted by molar-refractivity contribution is -0.128. The fraction of sp³-hybridized carbons (Fsp3) is 0.214. The van der Waals surface area contributed by atoms with E-state index in [1.54, 1.807) is 35.8 Å². The third kappa shape index (κ3) is 3.19. The number of carbonyl (C=O) groups excluding carboxylic acids is 1. The van der Waals surface area contributed by atoms with Gasteiger partial charge in [0.05, 0.1) is 10.8 Å². The molecule has 19 heavy (non-hydrogen) atoms. The van der Waals surface area contributed by atoms with Crippen molar-refractivity contribution in [3.63, 3.8) is 0 Å². The molecule has 5 heteroatoms. The molecule has 2 atom stereocenters. The molecule has 0 bridgehead atoms. The van der Waals surface area contributed by atoms with Crippen LogP contribution in [-0.4, -0.2) is 20.6 Å². The van der Waals surface area contributed by atoms with E-state index in [9.17, 15) is 9.00 Å². The van der Waals surface area contributed by atoms with Crippen molar-refractivity contribution in [1.82, 2.24) is 5.48 Å². The standard InChI is InChI=1S/C14H15NO3S/c16-14(15-17)13(11-7-3-1-4-8-11)19(18)12-9-5-2-6-10-12/h1-3,5-7,9-10,13,17H,4,8H2,(H,15,16). The molecule has 0 fully saturated rings. The molecule has 2 unspecified atom stereocenters. The minimum absolute atomic E-state index is 0.576. The zero-order valence-corrected chi connectivity index (χ0v) is 11.1. The maximum Gasteiger partial charge on any atom is 0.263 e. The van der Waals surface area contributed by atoms with E-state index in [0.29, 0.717) is 11.3 Å². The highest BCUT2D eigenvalue weighted by Gasteiger charge is 2.29. The predicted molar refractivity (Wildman–Crippen MR) is 73.0 cm³/mol. The summed E-state index contributed by atoms with van der Waals surface area (Å²) in [4.78, 5) is 12.4. The molecule has 100 valence electrons. The predicted octanol–water partition coefficient (Wildman–Crippen LogP) is 1.94. The molecule has 0 heterocycles. The van der Waals surface area contributed by atoms with Crippen LogP contribution in [0.5, 0.6) is 0 Å². The van der Waals surface area contributed by atoms with Crippen LogP contribution in [0.4, 0.5) is 0 Å². The lowest BCUT2D eigenvalue weighted by Gasteiger charge is -2.19. The Morgan fingerprint density at radius 3 is 2.63 bits per heavy atom. The fourth-order valence-corrected chi connectivity index (χ4v) is 3.41. The quantitative estimate of drug-likeness (QED) is 0.653. The number of carbonyl (C=O) groups is 1. The van der Waals surface area contributed by atoms with Gasteiger partial charge in [-0.1, -0.05) is 36.4 Å². The number of hydroxylamine groups is 1. The van der Waals surface area contributed by atoms with Crippen LogP contribution < -0.4 is 5.48 Å². The van der Waals surface area contributed by atoms with Gasteiger partial charge >= 0.3 is 0 Å². The van der Waals surface area contributed by atoms with E-state index in [0.717, 1.165) is 12.0 Å². The number of nitrogens with one attached hydrogen (secondary N) is 1. The normalized spacial score (nSPS) is 17.4. The van der Waals surface area contributed by atoms with Crippen LogP contribution in [0.25, 0.3) is 0 Å². The van der Waals surface area contributed by atoms with Crippen molar-refractivity contribution in [2.45, 2.75) is 23.0 Å². The average molecular weight is 277 g/mol. The molecule has 0 radical (unpaired) electrons. The summed E-state index contributed by atoms with van der Waals surface area (Å²) >= 11 is 0. The second kappa shape index (κ2) is 6.45. The van der Waals surface area contributed by atoms with E-state index in [1.807, 2.05) is 18.2 Å². The Labute approximate surface area is 114 Å². The van der Waals surface area contributed by atoms with Crippen molar-refractivity contribution in [1.29, 1.82) is 0 Å². The van der Waals surface area contributed by atoms with Gasteiger partial charge in [0.1, 0.15) is 5.25 Å². The molecule has 0 aliphatic heterocycles.